The first-order valence-electron chi connectivity index (χ1n) is 10.1. The van der Waals surface area contributed by atoms with Crippen molar-refractivity contribution in [3.63, 3.8) is 0 Å². The van der Waals surface area contributed by atoms with Crippen LogP contribution in [0.1, 0.15) is 16.8 Å². The Kier molecular flexibility index (Phi) is 6.30. The highest BCUT2D eigenvalue weighted by atomic mass is 35.5. The van der Waals surface area contributed by atoms with E-state index in [0.717, 1.165) is 41.1 Å². The standard InChI is InChI=1S/C24H24ClN5O/c1-29(2)12-4-11-26-24(31)18-9-7-17(8-10-18)21-16-30-22(14-28-23(30)15-27-21)19-5-3-6-20(25)13-19/h3,5-10,13-16H,4,11-12H2,1-2H3,(H,26,31). The predicted octanol–water partition coefficient (Wildman–Crippen LogP) is 4.40. The Labute approximate surface area is 186 Å². The molecule has 0 aliphatic rings. The van der Waals surface area contributed by atoms with Crippen LogP contribution >= 0.6 is 11.6 Å². The molecule has 2 aromatic carbocycles. The van der Waals surface area contributed by atoms with Gasteiger partial charge in [-0.1, -0.05) is 35.9 Å². The molecule has 0 fully saturated rings. The normalized spacial score (nSPS) is 11.2. The Balaban J connectivity index is 1.54. The average Bonchev–Trinajstić information content (AvgIpc) is 3.20. The van der Waals surface area contributed by atoms with E-state index in [9.17, 15) is 4.79 Å². The molecule has 31 heavy (non-hydrogen) atoms. The molecule has 6 nitrogen and oxygen atoms in total. The lowest BCUT2D eigenvalue weighted by molar-refractivity contribution is 0.0952. The van der Waals surface area contributed by atoms with Crippen molar-refractivity contribution in [1.29, 1.82) is 0 Å². The van der Waals surface area contributed by atoms with Gasteiger partial charge in [0.1, 0.15) is 0 Å². The Morgan fingerprint density at radius 2 is 1.87 bits per heavy atom. The van der Waals surface area contributed by atoms with Crippen molar-refractivity contribution in [2.75, 3.05) is 27.2 Å². The first-order chi connectivity index (χ1) is 15.0. The summed E-state index contributed by atoms with van der Waals surface area (Å²) in [6.07, 6.45) is 6.43. The molecule has 0 spiro atoms. The molecule has 2 aromatic heterocycles. The summed E-state index contributed by atoms with van der Waals surface area (Å²) in [5.74, 6) is -0.0634. The molecule has 0 bridgehead atoms. The molecular formula is C24H24ClN5O. The van der Waals surface area contributed by atoms with E-state index in [1.54, 1.807) is 6.20 Å². The molecule has 0 atom stereocenters. The molecule has 2 heterocycles. The van der Waals surface area contributed by atoms with Crippen molar-refractivity contribution >= 4 is 23.2 Å². The summed E-state index contributed by atoms with van der Waals surface area (Å²) in [5.41, 5.74) is 5.04. The van der Waals surface area contributed by atoms with Gasteiger partial charge < -0.3 is 10.2 Å². The number of rotatable bonds is 7. The van der Waals surface area contributed by atoms with Crippen LogP contribution in [0.3, 0.4) is 0 Å². The summed E-state index contributed by atoms with van der Waals surface area (Å²) >= 11 is 6.16. The molecule has 0 saturated carbocycles. The monoisotopic (exact) mass is 433 g/mol. The predicted molar refractivity (Wildman–Crippen MR) is 124 cm³/mol. The number of carbonyl (C=O) groups excluding carboxylic acids is 1. The highest BCUT2D eigenvalue weighted by Gasteiger charge is 2.10. The van der Waals surface area contributed by atoms with Crippen LogP contribution in [0.5, 0.6) is 0 Å². The first kappa shape index (κ1) is 21.0. The van der Waals surface area contributed by atoms with E-state index in [-0.39, 0.29) is 5.91 Å². The number of nitrogens with one attached hydrogen (secondary N) is 1. The lowest BCUT2D eigenvalue weighted by Crippen LogP contribution is -2.27. The number of nitrogens with zero attached hydrogens (tertiary/aromatic N) is 4. The molecule has 0 radical (unpaired) electrons. The fourth-order valence-electron chi connectivity index (χ4n) is 3.39. The molecule has 0 saturated heterocycles. The molecule has 1 N–H and O–H groups in total. The second-order valence-electron chi connectivity index (χ2n) is 7.64. The molecular weight excluding hydrogens is 410 g/mol. The molecule has 158 valence electrons. The number of halogens is 1. The second-order valence-corrected chi connectivity index (χ2v) is 8.08. The summed E-state index contributed by atoms with van der Waals surface area (Å²) < 4.78 is 2.00. The number of benzene rings is 2. The second kappa shape index (κ2) is 9.29. The van der Waals surface area contributed by atoms with Gasteiger partial charge in [0.15, 0.2) is 5.65 Å². The van der Waals surface area contributed by atoms with E-state index in [1.165, 1.54) is 0 Å². The maximum Gasteiger partial charge on any atom is 0.251 e. The van der Waals surface area contributed by atoms with Gasteiger partial charge in [-0.05, 0) is 51.3 Å². The van der Waals surface area contributed by atoms with Crippen molar-refractivity contribution in [2.45, 2.75) is 6.42 Å². The summed E-state index contributed by atoms with van der Waals surface area (Å²) in [6.45, 7) is 1.60. The van der Waals surface area contributed by atoms with Gasteiger partial charge in [-0.2, -0.15) is 0 Å². The Morgan fingerprint density at radius 3 is 2.61 bits per heavy atom. The Morgan fingerprint density at radius 1 is 1.06 bits per heavy atom. The van der Waals surface area contributed by atoms with Crippen LogP contribution in [0, 0.1) is 0 Å². The minimum atomic E-state index is -0.0634. The van der Waals surface area contributed by atoms with Gasteiger partial charge >= 0.3 is 0 Å². The lowest BCUT2D eigenvalue weighted by Gasteiger charge is -2.10. The van der Waals surface area contributed by atoms with Gasteiger partial charge in [0.05, 0.1) is 23.8 Å². The van der Waals surface area contributed by atoms with Gasteiger partial charge in [0.25, 0.3) is 5.91 Å². The number of hydrogen-bond donors (Lipinski definition) is 1. The molecule has 0 unspecified atom stereocenters. The van der Waals surface area contributed by atoms with E-state index in [1.807, 2.05) is 79.4 Å². The maximum atomic E-state index is 12.3. The van der Waals surface area contributed by atoms with E-state index in [0.29, 0.717) is 17.1 Å². The SMILES string of the molecule is CN(C)CCCNC(=O)c1ccc(-c2cn3c(-c4cccc(Cl)c4)cnc3cn2)cc1. The molecule has 7 heteroatoms. The van der Waals surface area contributed by atoms with Crippen molar-refractivity contribution in [1.82, 2.24) is 24.6 Å². The number of fused-ring (bicyclic) bond motifs is 1. The summed E-state index contributed by atoms with van der Waals surface area (Å²) in [6, 6.07) is 15.2. The van der Waals surface area contributed by atoms with E-state index in [2.05, 4.69) is 20.2 Å². The quantitative estimate of drug-likeness (QED) is 0.439. The van der Waals surface area contributed by atoms with Gasteiger partial charge in [-0.25, -0.2) is 4.98 Å². The smallest absolute Gasteiger partial charge is 0.251 e. The zero-order chi connectivity index (χ0) is 21.8. The van der Waals surface area contributed by atoms with E-state index in [4.69, 9.17) is 11.6 Å². The van der Waals surface area contributed by atoms with Crippen LogP contribution in [0.2, 0.25) is 5.02 Å². The van der Waals surface area contributed by atoms with E-state index >= 15 is 0 Å². The highest BCUT2D eigenvalue weighted by Crippen LogP contribution is 2.25. The van der Waals surface area contributed by atoms with Gasteiger partial charge in [0, 0.05) is 34.5 Å². The van der Waals surface area contributed by atoms with Crippen LogP contribution in [-0.4, -0.2) is 52.4 Å². The van der Waals surface area contributed by atoms with Crippen LogP contribution in [0.15, 0.2) is 67.1 Å². The zero-order valence-electron chi connectivity index (χ0n) is 17.5. The highest BCUT2D eigenvalue weighted by molar-refractivity contribution is 6.30. The Bertz CT molecular complexity index is 1200. The molecule has 1 amide bonds. The third kappa shape index (κ3) is 4.93. The van der Waals surface area contributed by atoms with Gasteiger partial charge in [0.2, 0.25) is 0 Å². The number of imidazole rings is 1. The largest absolute Gasteiger partial charge is 0.352 e. The molecule has 4 rings (SSSR count). The number of carbonyl (C=O) groups is 1. The number of amides is 1. The number of aromatic nitrogens is 3. The van der Waals surface area contributed by atoms with Crippen molar-refractivity contribution in [2.24, 2.45) is 0 Å². The third-order valence-corrected chi connectivity index (χ3v) is 5.26. The van der Waals surface area contributed by atoms with Crippen LogP contribution in [0.4, 0.5) is 0 Å². The van der Waals surface area contributed by atoms with Gasteiger partial charge in [-0.3, -0.25) is 14.2 Å². The minimum absolute atomic E-state index is 0.0634. The van der Waals surface area contributed by atoms with Crippen LogP contribution in [-0.2, 0) is 0 Å². The van der Waals surface area contributed by atoms with Crippen LogP contribution < -0.4 is 5.32 Å². The maximum absolute atomic E-state index is 12.3. The van der Waals surface area contributed by atoms with Crippen LogP contribution in [0.25, 0.3) is 28.2 Å². The molecule has 0 aliphatic carbocycles. The Hall–Kier alpha value is -3.22. The average molecular weight is 434 g/mol. The van der Waals surface area contributed by atoms with Crippen molar-refractivity contribution in [3.05, 3.63) is 77.7 Å². The third-order valence-electron chi connectivity index (χ3n) is 5.03. The fourth-order valence-corrected chi connectivity index (χ4v) is 3.58. The fraction of sp³-hybridized carbons (Fsp3) is 0.208. The topological polar surface area (TPSA) is 62.5 Å². The minimum Gasteiger partial charge on any atom is -0.352 e. The summed E-state index contributed by atoms with van der Waals surface area (Å²) in [4.78, 5) is 23.4. The molecule has 4 aromatic rings. The van der Waals surface area contributed by atoms with Crippen molar-refractivity contribution in [3.8, 4) is 22.5 Å². The summed E-state index contributed by atoms with van der Waals surface area (Å²) in [7, 11) is 4.04. The first-order valence-corrected chi connectivity index (χ1v) is 10.5. The van der Waals surface area contributed by atoms with Gasteiger partial charge in [-0.15, -0.1) is 0 Å². The van der Waals surface area contributed by atoms with Crippen molar-refractivity contribution < 1.29 is 4.79 Å². The molecule has 0 aliphatic heterocycles. The lowest BCUT2D eigenvalue weighted by atomic mass is 10.1. The zero-order valence-corrected chi connectivity index (χ0v) is 18.3. The van der Waals surface area contributed by atoms with E-state index < -0.39 is 0 Å². The number of hydrogen-bond acceptors (Lipinski definition) is 4. The summed E-state index contributed by atoms with van der Waals surface area (Å²) in [5, 5.41) is 3.64.